The molecule has 0 bridgehead atoms. The Bertz CT molecular complexity index is 931. The van der Waals surface area contributed by atoms with Gasteiger partial charge in [0.05, 0.1) is 21.5 Å². The minimum absolute atomic E-state index is 0.0296. The molecule has 5 nitrogen and oxygen atoms in total. The molecule has 0 spiro atoms. The number of hydrogen-bond acceptors (Lipinski definition) is 5. The third-order valence-electron chi connectivity index (χ3n) is 4.76. The van der Waals surface area contributed by atoms with Gasteiger partial charge in [0.25, 0.3) is 0 Å². The molecule has 140 valence electrons. The van der Waals surface area contributed by atoms with Crippen molar-refractivity contribution < 1.29 is 4.79 Å². The molecule has 1 saturated heterocycles. The second kappa shape index (κ2) is 8.48. The van der Waals surface area contributed by atoms with Gasteiger partial charge in [0.2, 0.25) is 5.91 Å². The van der Waals surface area contributed by atoms with Crippen molar-refractivity contribution in [2.45, 2.75) is 6.54 Å². The van der Waals surface area contributed by atoms with E-state index < -0.39 is 0 Å². The van der Waals surface area contributed by atoms with Crippen LogP contribution in [0.1, 0.15) is 4.88 Å². The van der Waals surface area contributed by atoms with Gasteiger partial charge in [0.1, 0.15) is 0 Å². The number of piperazine rings is 1. The molecule has 1 aliphatic heterocycles. The number of rotatable bonds is 5. The predicted octanol–water partition coefficient (Wildman–Crippen LogP) is 3.82. The molecule has 0 unspecified atom stereocenters. The normalized spacial score (nSPS) is 15.9. The number of amides is 1. The summed E-state index contributed by atoms with van der Waals surface area (Å²) in [6, 6.07) is 14.0. The summed E-state index contributed by atoms with van der Waals surface area (Å²) in [5.74, 6) is 0.0296. The van der Waals surface area contributed by atoms with Gasteiger partial charge in [0.15, 0.2) is 0 Å². The van der Waals surface area contributed by atoms with Crippen LogP contribution >= 0.6 is 27.3 Å². The Morgan fingerprint density at radius 2 is 1.89 bits per heavy atom. The zero-order valence-corrected chi connectivity index (χ0v) is 17.3. The minimum atomic E-state index is 0.0296. The van der Waals surface area contributed by atoms with Crippen LogP contribution in [-0.4, -0.2) is 53.4 Å². The molecule has 3 heterocycles. The summed E-state index contributed by atoms with van der Waals surface area (Å²) in [6.45, 7) is 5.21. The lowest BCUT2D eigenvalue weighted by Crippen LogP contribution is -2.48. The molecule has 0 aliphatic carbocycles. The van der Waals surface area contributed by atoms with E-state index in [-0.39, 0.29) is 5.91 Å². The Labute approximate surface area is 171 Å². The average Bonchev–Trinajstić information content (AvgIpc) is 3.08. The standard InChI is InChI=1S/C20H21BrN4OS/c21-19-7-6-15(27-19)13-24-9-11-25(12-10-24)14-20(26)23-18-5-1-4-17-16(18)3-2-8-22-17/h1-8H,9-14H2,(H,23,26). The summed E-state index contributed by atoms with van der Waals surface area (Å²) in [4.78, 5) is 22.9. The number of carbonyl (C=O) groups excluding carboxylic acids is 1. The van der Waals surface area contributed by atoms with Crippen molar-refractivity contribution >= 4 is 49.8 Å². The second-order valence-corrected chi connectivity index (χ2v) is 9.23. The molecule has 1 aliphatic rings. The van der Waals surface area contributed by atoms with Gasteiger partial charge in [0, 0.05) is 49.2 Å². The maximum absolute atomic E-state index is 12.5. The van der Waals surface area contributed by atoms with Gasteiger partial charge >= 0.3 is 0 Å². The lowest BCUT2D eigenvalue weighted by atomic mass is 10.2. The van der Waals surface area contributed by atoms with E-state index in [0.29, 0.717) is 6.54 Å². The number of anilines is 1. The SMILES string of the molecule is O=C(CN1CCN(Cc2ccc(Br)s2)CC1)Nc1cccc2ncccc12. The monoisotopic (exact) mass is 444 g/mol. The fraction of sp³-hybridized carbons (Fsp3) is 0.300. The lowest BCUT2D eigenvalue weighted by molar-refractivity contribution is -0.117. The summed E-state index contributed by atoms with van der Waals surface area (Å²) in [7, 11) is 0. The summed E-state index contributed by atoms with van der Waals surface area (Å²) in [5, 5.41) is 4.02. The van der Waals surface area contributed by atoms with Gasteiger partial charge < -0.3 is 5.32 Å². The predicted molar refractivity (Wildman–Crippen MR) is 114 cm³/mol. The fourth-order valence-electron chi connectivity index (χ4n) is 3.37. The zero-order valence-electron chi connectivity index (χ0n) is 14.9. The van der Waals surface area contributed by atoms with Crippen molar-refractivity contribution in [1.82, 2.24) is 14.8 Å². The van der Waals surface area contributed by atoms with Gasteiger partial charge in [-0.2, -0.15) is 0 Å². The zero-order chi connectivity index (χ0) is 18.6. The molecule has 4 rings (SSSR count). The molecule has 3 aromatic rings. The average molecular weight is 445 g/mol. The lowest BCUT2D eigenvalue weighted by Gasteiger charge is -2.34. The second-order valence-electron chi connectivity index (χ2n) is 6.68. The third kappa shape index (κ3) is 4.73. The molecule has 1 fully saturated rings. The van der Waals surface area contributed by atoms with Gasteiger partial charge in [-0.1, -0.05) is 6.07 Å². The first kappa shape index (κ1) is 18.6. The summed E-state index contributed by atoms with van der Waals surface area (Å²) >= 11 is 5.31. The number of pyridine rings is 1. The number of carbonyl (C=O) groups is 1. The van der Waals surface area contributed by atoms with E-state index in [1.165, 1.54) is 8.66 Å². The van der Waals surface area contributed by atoms with Crippen LogP contribution in [0.25, 0.3) is 10.9 Å². The largest absolute Gasteiger partial charge is 0.324 e. The van der Waals surface area contributed by atoms with Crippen LogP contribution in [0.5, 0.6) is 0 Å². The first-order valence-corrected chi connectivity index (χ1v) is 10.6. The van der Waals surface area contributed by atoms with Crippen LogP contribution in [0.2, 0.25) is 0 Å². The van der Waals surface area contributed by atoms with Gasteiger partial charge in [-0.25, -0.2) is 0 Å². The van der Waals surface area contributed by atoms with E-state index in [9.17, 15) is 4.79 Å². The van der Waals surface area contributed by atoms with E-state index in [1.54, 1.807) is 17.5 Å². The van der Waals surface area contributed by atoms with Crippen molar-refractivity contribution in [1.29, 1.82) is 0 Å². The van der Waals surface area contributed by atoms with Crippen molar-refractivity contribution in [3.05, 3.63) is 57.3 Å². The van der Waals surface area contributed by atoms with Gasteiger partial charge in [-0.15, -0.1) is 11.3 Å². The fourth-order valence-corrected chi connectivity index (χ4v) is 4.89. The molecule has 0 atom stereocenters. The molecule has 0 saturated carbocycles. The van der Waals surface area contributed by atoms with Crippen molar-refractivity contribution in [2.24, 2.45) is 0 Å². The Morgan fingerprint density at radius 1 is 1.07 bits per heavy atom. The van der Waals surface area contributed by atoms with Crippen LogP contribution in [-0.2, 0) is 11.3 Å². The maximum Gasteiger partial charge on any atom is 0.238 e. The van der Waals surface area contributed by atoms with E-state index in [0.717, 1.165) is 49.3 Å². The number of nitrogens with zero attached hydrogens (tertiary/aromatic N) is 3. The summed E-state index contributed by atoms with van der Waals surface area (Å²) < 4.78 is 1.18. The topological polar surface area (TPSA) is 48.5 Å². The first-order chi connectivity index (χ1) is 13.2. The maximum atomic E-state index is 12.5. The highest BCUT2D eigenvalue weighted by atomic mass is 79.9. The van der Waals surface area contributed by atoms with Gasteiger partial charge in [-0.05, 0) is 52.3 Å². The summed E-state index contributed by atoms with van der Waals surface area (Å²) in [6.07, 6.45) is 1.77. The van der Waals surface area contributed by atoms with Crippen LogP contribution in [0.4, 0.5) is 5.69 Å². The minimum Gasteiger partial charge on any atom is -0.324 e. The van der Waals surface area contributed by atoms with E-state index >= 15 is 0 Å². The molecule has 1 aromatic carbocycles. The van der Waals surface area contributed by atoms with Gasteiger partial charge in [-0.3, -0.25) is 19.6 Å². The number of hydrogen-bond donors (Lipinski definition) is 1. The molecular weight excluding hydrogens is 424 g/mol. The molecule has 7 heteroatoms. The number of thiophene rings is 1. The third-order valence-corrected chi connectivity index (χ3v) is 6.37. The molecule has 1 N–H and O–H groups in total. The Hall–Kier alpha value is -1.80. The summed E-state index contributed by atoms with van der Waals surface area (Å²) in [5.41, 5.74) is 1.72. The highest BCUT2D eigenvalue weighted by Gasteiger charge is 2.19. The van der Waals surface area contributed by atoms with Crippen LogP contribution in [0, 0.1) is 0 Å². The smallest absolute Gasteiger partial charge is 0.238 e. The highest BCUT2D eigenvalue weighted by molar-refractivity contribution is 9.11. The molecule has 0 radical (unpaired) electrons. The quantitative estimate of drug-likeness (QED) is 0.649. The molecular formula is C20H21BrN4OS. The number of benzene rings is 1. The number of halogens is 1. The number of aromatic nitrogens is 1. The van der Waals surface area contributed by atoms with Crippen LogP contribution in [0.15, 0.2) is 52.4 Å². The number of nitrogens with one attached hydrogen (secondary N) is 1. The highest BCUT2D eigenvalue weighted by Crippen LogP contribution is 2.24. The van der Waals surface area contributed by atoms with E-state index in [1.807, 2.05) is 30.3 Å². The van der Waals surface area contributed by atoms with Crippen molar-refractivity contribution in [3.63, 3.8) is 0 Å². The van der Waals surface area contributed by atoms with Crippen molar-refractivity contribution in [2.75, 3.05) is 38.0 Å². The molecule has 2 aromatic heterocycles. The molecule has 27 heavy (non-hydrogen) atoms. The van der Waals surface area contributed by atoms with Crippen LogP contribution in [0.3, 0.4) is 0 Å². The van der Waals surface area contributed by atoms with Crippen LogP contribution < -0.4 is 5.32 Å². The molecule has 1 amide bonds. The Balaban J connectivity index is 1.29. The Kier molecular flexibility index (Phi) is 5.83. The number of fused-ring (bicyclic) bond motifs is 1. The van der Waals surface area contributed by atoms with E-state index in [4.69, 9.17) is 0 Å². The Morgan fingerprint density at radius 3 is 2.67 bits per heavy atom. The first-order valence-electron chi connectivity index (χ1n) is 9.00. The van der Waals surface area contributed by atoms with E-state index in [2.05, 4.69) is 48.2 Å². The van der Waals surface area contributed by atoms with Crippen molar-refractivity contribution in [3.8, 4) is 0 Å².